The first-order valence-corrected chi connectivity index (χ1v) is 10.8. The van der Waals surface area contributed by atoms with Gasteiger partial charge in [-0.25, -0.2) is 4.98 Å². The zero-order chi connectivity index (χ0) is 18.1. The second-order valence-electron chi connectivity index (χ2n) is 5.81. The zero-order valence-corrected chi connectivity index (χ0v) is 17.4. The molecule has 4 rings (SSSR count). The number of halogens is 1. The number of carbonyl (C=O) groups excluding carboxylic acids is 2. The van der Waals surface area contributed by atoms with E-state index in [2.05, 4.69) is 32.9 Å². The number of hydrogen-bond donors (Lipinski definition) is 1. The highest BCUT2D eigenvalue weighted by Gasteiger charge is 2.26. The minimum atomic E-state index is -0.149. The molecule has 1 aromatic carbocycles. The van der Waals surface area contributed by atoms with E-state index in [1.54, 1.807) is 6.07 Å². The van der Waals surface area contributed by atoms with Crippen LogP contribution < -0.4 is 5.32 Å². The maximum Gasteiger partial charge on any atom is 0.258 e. The Morgan fingerprint density at radius 3 is 2.85 bits per heavy atom. The summed E-state index contributed by atoms with van der Waals surface area (Å²) in [6.45, 7) is 1.17. The molecule has 0 aliphatic carbocycles. The first-order valence-electron chi connectivity index (χ1n) is 7.98. The van der Waals surface area contributed by atoms with Gasteiger partial charge in [0.15, 0.2) is 5.13 Å². The Bertz CT molecular complexity index is 969. The quantitative estimate of drug-likeness (QED) is 0.553. The van der Waals surface area contributed by atoms with E-state index in [0.717, 1.165) is 19.7 Å². The van der Waals surface area contributed by atoms with Crippen molar-refractivity contribution in [2.24, 2.45) is 0 Å². The molecule has 0 saturated heterocycles. The van der Waals surface area contributed by atoms with Gasteiger partial charge in [0.05, 0.1) is 23.4 Å². The van der Waals surface area contributed by atoms with E-state index in [1.807, 2.05) is 39.9 Å². The van der Waals surface area contributed by atoms with E-state index in [1.165, 1.54) is 22.7 Å². The molecule has 1 N–H and O–H groups in total. The SMILES string of the molecule is O=C(Nc1nc2c(s1)CN(C(=O)c1ccccc1I)CC2)c1ccsc1. The fourth-order valence-electron chi connectivity index (χ4n) is 2.79. The number of carbonyl (C=O) groups is 2. The second-order valence-corrected chi connectivity index (χ2v) is 8.84. The molecule has 0 spiro atoms. The van der Waals surface area contributed by atoms with E-state index >= 15 is 0 Å². The molecule has 3 aromatic rings. The highest BCUT2D eigenvalue weighted by molar-refractivity contribution is 14.1. The number of thiophene rings is 1. The monoisotopic (exact) mass is 495 g/mol. The first-order chi connectivity index (χ1) is 12.6. The van der Waals surface area contributed by atoms with Crippen LogP contribution in [0.25, 0.3) is 0 Å². The van der Waals surface area contributed by atoms with Crippen LogP contribution in [0.4, 0.5) is 5.13 Å². The van der Waals surface area contributed by atoms with Crippen LogP contribution in [0.1, 0.15) is 31.3 Å². The predicted octanol–water partition coefficient (Wildman–Crippen LogP) is 4.26. The standard InChI is InChI=1S/C18H14IN3O2S2/c19-13-4-2-1-3-12(13)17(24)22-7-5-14-15(9-22)26-18(20-14)21-16(23)11-6-8-25-10-11/h1-4,6,8,10H,5,7,9H2,(H,20,21,23). The Balaban J connectivity index is 1.49. The maximum absolute atomic E-state index is 12.8. The van der Waals surface area contributed by atoms with Crippen LogP contribution in [0, 0.1) is 3.57 Å². The molecule has 0 atom stereocenters. The van der Waals surface area contributed by atoms with Gasteiger partial charge in [0.2, 0.25) is 0 Å². The number of amides is 2. The molecule has 0 fully saturated rings. The molecule has 1 aliphatic heterocycles. The molecule has 0 bridgehead atoms. The van der Waals surface area contributed by atoms with Gasteiger partial charge in [0.1, 0.15) is 0 Å². The summed E-state index contributed by atoms with van der Waals surface area (Å²) in [6, 6.07) is 9.40. The molecule has 132 valence electrons. The van der Waals surface area contributed by atoms with Crippen LogP contribution in [0.2, 0.25) is 0 Å². The van der Waals surface area contributed by atoms with E-state index in [4.69, 9.17) is 0 Å². The lowest BCUT2D eigenvalue weighted by molar-refractivity contribution is 0.0735. The lowest BCUT2D eigenvalue weighted by Gasteiger charge is -2.26. The summed E-state index contributed by atoms with van der Waals surface area (Å²) in [7, 11) is 0. The van der Waals surface area contributed by atoms with Gasteiger partial charge >= 0.3 is 0 Å². The topological polar surface area (TPSA) is 62.3 Å². The van der Waals surface area contributed by atoms with Crippen LogP contribution in [0.5, 0.6) is 0 Å². The Labute approximate surface area is 172 Å². The molecule has 26 heavy (non-hydrogen) atoms. The van der Waals surface area contributed by atoms with Crippen molar-refractivity contribution in [3.63, 3.8) is 0 Å². The van der Waals surface area contributed by atoms with Crippen molar-refractivity contribution < 1.29 is 9.59 Å². The van der Waals surface area contributed by atoms with Crippen molar-refractivity contribution in [1.82, 2.24) is 9.88 Å². The third-order valence-electron chi connectivity index (χ3n) is 4.13. The van der Waals surface area contributed by atoms with E-state index in [-0.39, 0.29) is 11.8 Å². The molecular formula is C18H14IN3O2S2. The number of nitrogens with one attached hydrogen (secondary N) is 1. The number of hydrogen-bond acceptors (Lipinski definition) is 5. The van der Waals surface area contributed by atoms with Gasteiger partial charge in [-0.3, -0.25) is 14.9 Å². The highest BCUT2D eigenvalue weighted by atomic mass is 127. The number of thiazole rings is 1. The molecule has 1 aliphatic rings. The van der Waals surface area contributed by atoms with Crippen LogP contribution in [0.15, 0.2) is 41.1 Å². The Kier molecular flexibility index (Phi) is 5.05. The van der Waals surface area contributed by atoms with Gasteiger partial charge in [0, 0.05) is 26.8 Å². The van der Waals surface area contributed by atoms with E-state index in [0.29, 0.717) is 30.2 Å². The second kappa shape index (κ2) is 7.45. The normalized spacial score (nSPS) is 13.3. The van der Waals surface area contributed by atoms with Crippen LogP contribution in [-0.2, 0) is 13.0 Å². The number of aromatic nitrogens is 1. The van der Waals surface area contributed by atoms with E-state index < -0.39 is 0 Å². The van der Waals surface area contributed by atoms with Gasteiger partial charge in [-0.1, -0.05) is 23.5 Å². The predicted molar refractivity (Wildman–Crippen MR) is 112 cm³/mol. The zero-order valence-electron chi connectivity index (χ0n) is 13.6. The number of anilines is 1. The smallest absolute Gasteiger partial charge is 0.258 e. The molecule has 0 radical (unpaired) electrons. The van der Waals surface area contributed by atoms with Crippen molar-refractivity contribution in [3.05, 3.63) is 66.4 Å². The van der Waals surface area contributed by atoms with Crippen LogP contribution in [0.3, 0.4) is 0 Å². The number of nitrogens with zero attached hydrogens (tertiary/aromatic N) is 2. The highest BCUT2D eigenvalue weighted by Crippen LogP contribution is 2.30. The van der Waals surface area contributed by atoms with Crippen molar-refractivity contribution in [1.29, 1.82) is 0 Å². The summed E-state index contributed by atoms with van der Waals surface area (Å²) < 4.78 is 0.953. The van der Waals surface area contributed by atoms with Gasteiger partial charge in [0.25, 0.3) is 11.8 Å². The summed E-state index contributed by atoms with van der Waals surface area (Å²) in [5, 5.41) is 7.13. The Morgan fingerprint density at radius 2 is 2.08 bits per heavy atom. The third-order valence-corrected chi connectivity index (χ3v) is 6.75. The summed E-state index contributed by atoms with van der Waals surface area (Å²) in [6.07, 6.45) is 0.704. The molecule has 0 saturated carbocycles. The summed E-state index contributed by atoms with van der Waals surface area (Å²) >= 11 is 5.12. The van der Waals surface area contributed by atoms with Gasteiger partial charge in [-0.15, -0.1) is 0 Å². The number of rotatable bonds is 3. The van der Waals surface area contributed by atoms with Gasteiger partial charge < -0.3 is 4.90 Å². The fourth-order valence-corrected chi connectivity index (χ4v) is 5.06. The molecular weight excluding hydrogens is 481 g/mol. The van der Waals surface area contributed by atoms with E-state index in [9.17, 15) is 9.59 Å². The molecule has 5 nitrogen and oxygen atoms in total. The molecule has 0 unspecified atom stereocenters. The third kappa shape index (κ3) is 3.53. The average Bonchev–Trinajstić information content (AvgIpc) is 3.30. The van der Waals surface area contributed by atoms with Crippen molar-refractivity contribution >= 4 is 62.2 Å². The lowest BCUT2D eigenvalue weighted by atomic mass is 10.1. The average molecular weight is 495 g/mol. The van der Waals surface area contributed by atoms with Crippen molar-refractivity contribution in [3.8, 4) is 0 Å². The minimum Gasteiger partial charge on any atom is -0.333 e. The minimum absolute atomic E-state index is 0.0397. The number of benzene rings is 1. The summed E-state index contributed by atoms with van der Waals surface area (Å²) in [5.74, 6) is -0.109. The Hall–Kier alpha value is -1.78. The molecule has 8 heteroatoms. The summed E-state index contributed by atoms with van der Waals surface area (Å²) in [5.41, 5.74) is 2.34. The summed E-state index contributed by atoms with van der Waals surface area (Å²) in [4.78, 5) is 32.4. The molecule has 2 aromatic heterocycles. The maximum atomic E-state index is 12.8. The van der Waals surface area contributed by atoms with Crippen molar-refractivity contribution in [2.45, 2.75) is 13.0 Å². The molecule has 2 amide bonds. The first kappa shape index (κ1) is 17.6. The van der Waals surface area contributed by atoms with Crippen LogP contribution in [-0.4, -0.2) is 28.2 Å². The fraction of sp³-hybridized carbons (Fsp3) is 0.167. The van der Waals surface area contributed by atoms with Crippen LogP contribution >= 0.6 is 45.3 Å². The van der Waals surface area contributed by atoms with Crippen molar-refractivity contribution in [2.75, 3.05) is 11.9 Å². The molecule has 3 heterocycles. The Morgan fingerprint density at radius 1 is 1.23 bits per heavy atom. The lowest BCUT2D eigenvalue weighted by Crippen LogP contribution is -2.35. The van der Waals surface area contributed by atoms with Gasteiger partial charge in [-0.2, -0.15) is 11.3 Å². The largest absolute Gasteiger partial charge is 0.333 e. The van der Waals surface area contributed by atoms with Gasteiger partial charge in [-0.05, 0) is 46.2 Å². The number of fused-ring (bicyclic) bond motifs is 1.